The van der Waals surface area contributed by atoms with Crippen LogP contribution < -0.4 is 0 Å². The van der Waals surface area contributed by atoms with E-state index in [2.05, 4.69) is 0 Å². The van der Waals surface area contributed by atoms with Crippen LogP contribution in [-0.4, -0.2) is 22.5 Å². The van der Waals surface area contributed by atoms with Crippen LogP contribution in [0.25, 0.3) is 0 Å². The summed E-state index contributed by atoms with van der Waals surface area (Å²) < 4.78 is 13.1. The molecule has 0 aromatic heterocycles. The van der Waals surface area contributed by atoms with Gasteiger partial charge in [0.05, 0.1) is 0 Å². The fourth-order valence-electron chi connectivity index (χ4n) is 2.85. The molecule has 2 nitrogen and oxygen atoms in total. The van der Waals surface area contributed by atoms with Crippen LogP contribution in [0.5, 0.6) is 0 Å². The van der Waals surface area contributed by atoms with Crippen LogP contribution in [0.2, 0.25) is 10.5 Å². The molecular weight excluding hydrogens is 352 g/mol. The fraction of sp³-hybridized carbons (Fsp3) is 0.263. The van der Waals surface area contributed by atoms with Crippen molar-refractivity contribution in [3.05, 3.63) is 71.0 Å². The third kappa shape index (κ3) is 3.45. The molecule has 2 aromatic rings. The summed E-state index contributed by atoms with van der Waals surface area (Å²) in [5, 5.41) is 1.19. The van der Waals surface area contributed by atoms with Crippen LogP contribution in [-0.2, 0) is 0 Å². The summed E-state index contributed by atoms with van der Waals surface area (Å²) in [6, 6.07) is 12.9. The number of benzene rings is 2. The molecule has 0 fully saturated rings. The van der Waals surface area contributed by atoms with Crippen molar-refractivity contribution in [1.82, 2.24) is 0 Å². The Morgan fingerprint density at radius 3 is 1.61 bits per heavy atom. The number of hydrogen-bond donors (Lipinski definition) is 0. The van der Waals surface area contributed by atoms with Crippen molar-refractivity contribution >= 4 is 22.5 Å². The number of rotatable bonds is 6. The molecule has 4 heteroatoms. The van der Waals surface area contributed by atoms with Crippen LogP contribution in [0.3, 0.4) is 0 Å². The van der Waals surface area contributed by atoms with Crippen LogP contribution >= 0.6 is 0 Å². The number of aryl methyl sites for hydroxylation is 1. The molecule has 0 aliphatic rings. The van der Waals surface area contributed by atoms with Gasteiger partial charge in [0.1, 0.15) is 0 Å². The maximum absolute atomic E-state index is 13.1. The molecule has 0 radical (unpaired) electrons. The maximum atomic E-state index is 13.1. The van der Waals surface area contributed by atoms with E-state index in [0.29, 0.717) is 21.6 Å². The third-order valence-corrected chi connectivity index (χ3v) is 14.4. The summed E-state index contributed by atoms with van der Waals surface area (Å²) >= 11 is -3.48. The van der Waals surface area contributed by atoms with Gasteiger partial charge in [0.25, 0.3) is 0 Å². The topological polar surface area (TPSA) is 34.1 Å². The Morgan fingerprint density at radius 2 is 1.22 bits per heavy atom. The van der Waals surface area contributed by atoms with Gasteiger partial charge in [-0.1, -0.05) is 0 Å². The average molecular weight is 373 g/mol. The fourth-order valence-corrected chi connectivity index (χ4v) is 10.0. The molecule has 0 bridgehead atoms. The number of carbonyl (C=O) groups is 2. The minimum absolute atomic E-state index is 0.0179. The first-order valence-electron chi connectivity index (χ1n) is 7.86. The van der Waals surface area contributed by atoms with Crippen molar-refractivity contribution in [1.29, 1.82) is 0 Å². The Labute approximate surface area is 139 Å². The SMILES string of the molecule is C[CH2][Ge]([CH2]C)([C](=O)c1ccc(C)cc1)[C](=O)c1ccc(F)cc1. The number of hydrogen-bond acceptors (Lipinski definition) is 2. The summed E-state index contributed by atoms with van der Waals surface area (Å²) in [5.74, 6) is -0.377. The van der Waals surface area contributed by atoms with E-state index in [1.807, 2.05) is 32.9 Å². The first kappa shape index (κ1) is 17.6. The van der Waals surface area contributed by atoms with E-state index < -0.39 is 13.3 Å². The Hall–Kier alpha value is -1.75. The van der Waals surface area contributed by atoms with Gasteiger partial charge in [0, 0.05) is 0 Å². The molecule has 2 rings (SSSR count). The minimum atomic E-state index is -3.48. The predicted molar refractivity (Wildman–Crippen MR) is 93.0 cm³/mol. The summed E-state index contributed by atoms with van der Waals surface area (Å²) in [6.45, 7) is 5.82. The number of carbonyl (C=O) groups excluding carboxylic acids is 2. The van der Waals surface area contributed by atoms with Gasteiger partial charge < -0.3 is 0 Å². The molecule has 0 spiro atoms. The molecule has 0 saturated carbocycles. The zero-order valence-corrected chi connectivity index (χ0v) is 15.8. The molecule has 0 heterocycles. The van der Waals surface area contributed by atoms with Gasteiger partial charge in [-0.2, -0.15) is 0 Å². The zero-order chi connectivity index (χ0) is 17.0. The molecule has 0 aliphatic heterocycles. The molecule has 0 N–H and O–H groups in total. The van der Waals surface area contributed by atoms with Gasteiger partial charge in [0.2, 0.25) is 0 Å². The van der Waals surface area contributed by atoms with E-state index in [9.17, 15) is 14.0 Å². The molecule has 0 atom stereocenters. The molecule has 0 aliphatic carbocycles. The van der Waals surface area contributed by atoms with Gasteiger partial charge in [0.15, 0.2) is 0 Å². The molecule has 0 saturated heterocycles. The normalized spacial score (nSPS) is 11.3. The molecule has 0 unspecified atom stereocenters. The Balaban J connectivity index is 2.45. The third-order valence-electron chi connectivity index (χ3n) is 4.50. The van der Waals surface area contributed by atoms with Crippen LogP contribution in [0.15, 0.2) is 48.5 Å². The second-order valence-corrected chi connectivity index (χ2v) is 15.2. The van der Waals surface area contributed by atoms with Gasteiger partial charge in [-0.05, 0) is 0 Å². The van der Waals surface area contributed by atoms with E-state index in [4.69, 9.17) is 0 Å². The summed E-state index contributed by atoms with van der Waals surface area (Å²) in [6.07, 6.45) is 0. The van der Waals surface area contributed by atoms with Crippen molar-refractivity contribution in [2.24, 2.45) is 0 Å². The zero-order valence-electron chi connectivity index (χ0n) is 13.7. The molecule has 0 amide bonds. The van der Waals surface area contributed by atoms with E-state index >= 15 is 0 Å². The van der Waals surface area contributed by atoms with Gasteiger partial charge >= 0.3 is 139 Å². The van der Waals surface area contributed by atoms with E-state index in [1.165, 1.54) is 24.3 Å². The van der Waals surface area contributed by atoms with Crippen LogP contribution in [0, 0.1) is 12.7 Å². The second-order valence-electron chi connectivity index (χ2n) is 5.82. The van der Waals surface area contributed by atoms with Crippen molar-refractivity contribution in [3.63, 3.8) is 0 Å². The van der Waals surface area contributed by atoms with E-state index in [-0.39, 0.29) is 15.0 Å². The van der Waals surface area contributed by atoms with Gasteiger partial charge in [-0.15, -0.1) is 0 Å². The molecule has 2 aromatic carbocycles. The second kappa shape index (κ2) is 7.22. The Bertz CT molecular complexity index is 642. The van der Waals surface area contributed by atoms with E-state index in [1.54, 1.807) is 12.1 Å². The average Bonchev–Trinajstić information content (AvgIpc) is 2.57. The van der Waals surface area contributed by atoms with Crippen molar-refractivity contribution in [2.75, 3.05) is 0 Å². The quantitative estimate of drug-likeness (QED) is 0.684. The monoisotopic (exact) mass is 374 g/mol. The predicted octanol–water partition coefficient (Wildman–Crippen LogP) is 4.77. The van der Waals surface area contributed by atoms with Crippen molar-refractivity contribution < 1.29 is 14.0 Å². The number of halogens is 1. The summed E-state index contributed by atoms with van der Waals surface area (Å²) in [7, 11) is 0. The first-order valence-corrected chi connectivity index (χ1v) is 12.9. The van der Waals surface area contributed by atoms with Gasteiger partial charge in [-0.3, -0.25) is 0 Å². The van der Waals surface area contributed by atoms with Crippen molar-refractivity contribution in [2.45, 2.75) is 31.3 Å². The van der Waals surface area contributed by atoms with Gasteiger partial charge in [-0.25, -0.2) is 0 Å². The molecular formula is C19H21FGeO2. The summed E-state index contributed by atoms with van der Waals surface area (Å²) in [4.78, 5) is 26.2. The Kier molecular flexibility index (Phi) is 5.52. The first-order chi connectivity index (χ1) is 10.9. The summed E-state index contributed by atoms with van der Waals surface area (Å²) in [5.41, 5.74) is 2.16. The van der Waals surface area contributed by atoms with E-state index in [0.717, 1.165) is 5.56 Å². The van der Waals surface area contributed by atoms with Crippen LogP contribution in [0.4, 0.5) is 4.39 Å². The molecule has 23 heavy (non-hydrogen) atoms. The van der Waals surface area contributed by atoms with Crippen LogP contribution in [0.1, 0.15) is 40.1 Å². The Morgan fingerprint density at radius 1 is 0.826 bits per heavy atom. The van der Waals surface area contributed by atoms with Crippen molar-refractivity contribution in [3.8, 4) is 0 Å². The standard InChI is InChI=1S/C19H21FGeO2/c1-4-21(5-2,18(22)15-8-6-14(3)7-9-15)19(23)16-10-12-17(20)13-11-16/h6-13H,4-5H2,1-3H3. The molecule has 120 valence electrons.